The van der Waals surface area contributed by atoms with Gasteiger partial charge in [-0.3, -0.25) is 0 Å². The Balaban J connectivity index is 1.60. The number of carbonyl (C=O) groups excluding carboxylic acids is 2. The van der Waals surface area contributed by atoms with Gasteiger partial charge in [-0.25, -0.2) is 14.0 Å². The summed E-state index contributed by atoms with van der Waals surface area (Å²) >= 11 is 1.45. The minimum atomic E-state index is -0.923. The van der Waals surface area contributed by atoms with Gasteiger partial charge in [0.2, 0.25) is 11.9 Å². The van der Waals surface area contributed by atoms with Crippen molar-refractivity contribution in [1.82, 2.24) is 0 Å². The summed E-state index contributed by atoms with van der Waals surface area (Å²) in [6.45, 7) is 1.75. The minimum Gasteiger partial charge on any atom is -0.460 e. The second kappa shape index (κ2) is 7.67. The van der Waals surface area contributed by atoms with E-state index in [9.17, 15) is 14.0 Å². The van der Waals surface area contributed by atoms with Gasteiger partial charge in [-0.2, -0.15) is 0 Å². The fourth-order valence-electron chi connectivity index (χ4n) is 3.09. The van der Waals surface area contributed by atoms with Gasteiger partial charge in [-0.15, -0.1) is 11.8 Å². The zero-order valence-electron chi connectivity index (χ0n) is 15.0. The van der Waals surface area contributed by atoms with E-state index in [2.05, 4.69) is 0 Å². The van der Waals surface area contributed by atoms with Crippen LogP contribution in [-0.4, -0.2) is 24.1 Å². The first kappa shape index (κ1) is 18.6. The van der Waals surface area contributed by atoms with Crippen molar-refractivity contribution in [3.05, 3.63) is 65.7 Å². The number of para-hydroxylation sites is 1. The van der Waals surface area contributed by atoms with Crippen LogP contribution in [0.3, 0.4) is 0 Å². The fourth-order valence-corrected chi connectivity index (χ4v) is 4.02. The average molecular weight is 400 g/mol. The van der Waals surface area contributed by atoms with Crippen molar-refractivity contribution in [3.8, 4) is 0 Å². The van der Waals surface area contributed by atoms with Gasteiger partial charge in [0.05, 0.1) is 0 Å². The van der Waals surface area contributed by atoms with Gasteiger partial charge >= 0.3 is 11.9 Å². The van der Waals surface area contributed by atoms with E-state index in [1.165, 1.54) is 23.9 Å². The Bertz CT molecular complexity index is 1030. The molecule has 144 valence electrons. The molecule has 1 aliphatic rings. The van der Waals surface area contributed by atoms with E-state index in [0.29, 0.717) is 23.3 Å². The summed E-state index contributed by atoms with van der Waals surface area (Å²) in [6.07, 6.45) is -0.882. The van der Waals surface area contributed by atoms with Gasteiger partial charge in [0.1, 0.15) is 17.5 Å². The number of ether oxygens (including phenoxy) is 2. The number of esters is 2. The van der Waals surface area contributed by atoms with Crippen LogP contribution in [0, 0.1) is 5.82 Å². The Hall–Kier alpha value is -2.80. The van der Waals surface area contributed by atoms with Crippen LogP contribution >= 0.6 is 11.8 Å². The highest BCUT2D eigenvalue weighted by molar-refractivity contribution is 7.98. The molecule has 4 rings (SSSR count). The number of carbonyl (C=O) groups is 2. The third kappa shape index (κ3) is 3.75. The molecule has 2 atom stereocenters. The molecular weight excluding hydrogens is 383 g/mol. The number of hydrogen-bond acceptors (Lipinski definition) is 6. The topological polar surface area (TPSA) is 65.7 Å². The van der Waals surface area contributed by atoms with Gasteiger partial charge in [0.15, 0.2) is 0 Å². The molecule has 0 N–H and O–H groups in total. The summed E-state index contributed by atoms with van der Waals surface area (Å²) in [5, 5.41) is 0.798. The highest BCUT2D eigenvalue weighted by atomic mass is 32.2. The molecule has 1 fully saturated rings. The van der Waals surface area contributed by atoms with E-state index in [1.54, 1.807) is 25.1 Å². The molecule has 2 heterocycles. The molecule has 0 spiro atoms. The normalized spacial score (nSPS) is 19.0. The maximum absolute atomic E-state index is 13.1. The minimum absolute atomic E-state index is 0.0724. The molecular formula is C21H17FO5S. The first-order valence-electron chi connectivity index (χ1n) is 8.81. The highest BCUT2D eigenvalue weighted by Crippen LogP contribution is 2.33. The first-order valence-corrected chi connectivity index (χ1v) is 9.80. The summed E-state index contributed by atoms with van der Waals surface area (Å²) < 4.78 is 29.2. The van der Waals surface area contributed by atoms with Crippen LogP contribution in [0.15, 0.2) is 57.8 Å². The highest BCUT2D eigenvalue weighted by Gasteiger charge is 2.36. The standard InChI is InChI=1S/C21H17FO5S/c1-12-10-18(20(23)25-12)27-21(24)19-16(15-4-2-3-5-17(15)26-19)11-28-14-8-6-13(22)7-9-14/h2-9,12,18H,10-11H2,1H3. The number of cyclic esters (lactones) is 1. The Labute approximate surface area is 164 Å². The fraction of sp³-hybridized carbons (Fsp3) is 0.238. The van der Waals surface area contributed by atoms with Gasteiger partial charge in [0, 0.05) is 28.0 Å². The molecule has 28 heavy (non-hydrogen) atoms. The van der Waals surface area contributed by atoms with Gasteiger partial charge in [-0.1, -0.05) is 18.2 Å². The van der Waals surface area contributed by atoms with E-state index < -0.39 is 18.0 Å². The molecule has 2 unspecified atom stereocenters. The molecule has 0 saturated carbocycles. The lowest BCUT2D eigenvalue weighted by Gasteiger charge is -2.08. The SMILES string of the molecule is CC1CC(OC(=O)c2oc3ccccc3c2CSc2ccc(F)cc2)C(=O)O1. The number of thioether (sulfide) groups is 1. The van der Waals surface area contributed by atoms with Crippen molar-refractivity contribution in [2.24, 2.45) is 0 Å². The van der Waals surface area contributed by atoms with E-state index in [4.69, 9.17) is 13.9 Å². The Kier molecular flexibility index (Phi) is 5.09. The van der Waals surface area contributed by atoms with Crippen LogP contribution in [0.4, 0.5) is 4.39 Å². The van der Waals surface area contributed by atoms with Crippen LogP contribution in [0.5, 0.6) is 0 Å². The Morgan fingerprint density at radius 3 is 2.68 bits per heavy atom. The summed E-state index contributed by atoms with van der Waals surface area (Å²) in [5.74, 6) is -1.04. The number of halogens is 1. The molecule has 0 bridgehead atoms. The predicted octanol–water partition coefficient (Wildman–Crippen LogP) is 4.73. The largest absolute Gasteiger partial charge is 0.460 e. The molecule has 7 heteroatoms. The van der Waals surface area contributed by atoms with Crippen molar-refractivity contribution in [2.75, 3.05) is 0 Å². The molecule has 1 aromatic heterocycles. The molecule has 0 amide bonds. The summed E-state index contributed by atoms with van der Waals surface area (Å²) in [5.41, 5.74) is 1.24. The number of benzene rings is 2. The Morgan fingerprint density at radius 2 is 1.96 bits per heavy atom. The predicted molar refractivity (Wildman–Crippen MR) is 102 cm³/mol. The first-order chi connectivity index (χ1) is 13.5. The maximum Gasteiger partial charge on any atom is 0.375 e. The van der Waals surface area contributed by atoms with Crippen molar-refractivity contribution >= 4 is 34.7 Å². The smallest absolute Gasteiger partial charge is 0.375 e. The number of hydrogen-bond donors (Lipinski definition) is 0. The third-order valence-electron chi connectivity index (χ3n) is 4.46. The van der Waals surface area contributed by atoms with Gasteiger partial charge in [-0.05, 0) is 37.3 Å². The molecule has 0 aliphatic carbocycles. The van der Waals surface area contributed by atoms with Crippen LogP contribution < -0.4 is 0 Å². The number of fused-ring (bicyclic) bond motifs is 1. The van der Waals surface area contributed by atoms with E-state index in [1.807, 2.05) is 18.2 Å². The lowest BCUT2D eigenvalue weighted by atomic mass is 10.1. The molecule has 5 nitrogen and oxygen atoms in total. The maximum atomic E-state index is 13.1. The summed E-state index contributed by atoms with van der Waals surface area (Å²) in [7, 11) is 0. The second-order valence-corrected chi connectivity index (χ2v) is 7.57. The summed E-state index contributed by atoms with van der Waals surface area (Å²) in [6, 6.07) is 13.4. The zero-order chi connectivity index (χ0) is 19.7. The number of furan rings is 1. The van der Waals surface area contributed by atoms with Gasteiger partial charge in [0.25, 0.3) is 0 Å². The van der Waals surface area contributed by atoms with Crippen molar-refractivity contribution in [1.29, 1.82) is 0 Å². The second-order valence-electron chi connectivity index (χ2n) is 6.53. The molecule has 3 aromatic rings. The van der Waals surface area contributed by atoms with Crippen molar-refractivity contribution in [2.45, 2.75) is 36.2 Å². The van der Waals surface area contributed by atoms with E-state index in [-0.39, 0.29) is 17.7 Å². The molecule has 1 aliphatic heterocycles. The number of rotatable bonds is 5. The summed E-state index contributed by atoms with van der Waals surface area (Å²) in [4.78, 5) is 25.4. The molecule has 1 saturated heterocycles. The van der Waals surface area contributed by atoms with Crippen LogP contribution in [0.2, 0.25) is 0 Å². The lowest BCUT2D eigenvalue weighted by molar-refractivity contribution is -0.147. The van der Waals surface area contributed by atoms with E-state index in [0.717, 1.165) is 10.3 Å². The zero-order valence-corrected chi connectivity index (χ0v) is 15.8. The third-order valence-corrected chi connectivity index (χ3v) is 5.49. The molecule has 2 aromatic carbocycles. The lowest BCUT2D eigenvalue weighted by Crippen LogP contribution is -2.23. The molecule has 0 radical (unpaired) electrons. The van der Waals surface area contributed by atoms with Crippen molar-refractivity contribution < 1.29 is 27.9 Å². The quantitative estimate of drug-likeness (QED) is 0.456. The monoisotopic (exact) mass is 400 g/mol. The average Bonchev–Trinajstić information content (AvgIpc) is 3.20. The van der Waals surface area contributed by atoms with Crippen LogP contribution in [-0.2, 0) is 20.0 Å². The van der Waals surface area contributed by atoms with Gasteiger partial charge < -0.3 is 13.9 Å². The van der Waals surface area contributed by atoms with Crippen LogP contribution in [0.1, 0.15) is 29.5 Å². The Morgan fingerprint density at radius 1 is 1.21 bits per heavy atom. The van der Waals surface area contributed by atoms with Crippen LogP contribution in [0.25, 0.3) is 11.0 Å². The van der Waals surface area contributed by atoms with Crippen molar-refractivity contribution in [3.63, 3.8) is 0 Å². The van der Waals surface area contributed by atoms with E-state index >= 15 is 0 Å².